The summed E-state index contributed by atoms with van der Waals surface area (Å²) < 4.78 is 16.6. The van der Waals surface area contributed by atoms with Crippen LogP contribution in [0.15, 0.2) is 35.5 Å². The van der Waals surface area contributed by atoms with Gasteiger partial charge in [0.15, 0.2) is 17.2 Å². The van der Waals surface area contributed by atoms with Crippen LogP contribution in [0.2, 0.25) is 0 Å². The summed E-state index contributed by atoms with van der Waals surface area (Å²) in [4.78, 5) is 23.8. The van der Waals surface area contributed by atoms with Gasteiger partial charge in [-0.2, -0.15) is 0 Å². The normalized spacial score (nSPS) is 48.2. The Morgan fingerprint density at radius 2 is 2.04 bits per heavy atom. The van der Waals surface area contributed by atoms with Gasteiger partial charge in [0.05, 0.1) is 6.10 Å². The molecule has 2 saturated carbocycles. The molecule has 0 heterocycles. The number of hydrogen-bond donors (Lipinski definition) is 1. The fourth-order valence-electron chi connectivity index (χ4n) is 6.33. The van der Waals surface area contributed by atoms with Crippen LogP contribution in [0.1, 0.15) is 46.5 Å². The Morgan fingerprint density at radius 1 is 1.32 bits per heavy atom. The Balaban J connectivity index is 1.81. The highest BCUT2D eigenvalue weighted by molar-refractivity contribution is 6.01. The van der Waals surface area contributed by atoms with E-state index < -0.39 is 22.6 Å². The molecule has 4 aliphatic carbocycles. The van der Waals surface area contributed by atoms with Gasteiger partial charge in [-0.15, -0.1) is 0 Å². The van der Waals surface area contributed by atoms with Crippen molar-refractivity contribution in [2.24, 2.45) is 22.7 Å². The Bertz CT molecular complexity index is 763. The van der Waals surface area contributed by atoms with Crippen LogP contribution in [-0.4, -0.2) is 28.4 Å². The van der Waals surface area contributed by atoms with E-state index >= 15 is 4.39 Å². The Hall–Kier alpha value is -1.55. The molecule has 0 saturated heterocycles. The molecule has 0 bridgehead atoms. The minimum Gasteiger partial charge on any atom is -0.390 e. The molecule has 134 valence electrons. The topological polar surface area (TPSA) is 54.4 Å². The number of aliphatic hydroxyl groups is 1. The van der Waals surface area contributed by atoms with Gasteiger partial charge in [-0.1, -0.05) is 24.6 Å². The average Bonchev–Trinajstić information content (AvgIpc) is 2.87. The molecule has 0 amide bonds. The first-order chi connectivity index (χ1) is 11.6. The lowest BCUT2D eigenvalue weighted by atomic mass is 9.45. The van der Waals surface area contributed by atoms with Crippen LogP contribution in [0, 0.1) is 22.7 Å². The second-order valence-electron chi connectivity index (χ2n) is 8.67. The van der Waals surface area contributed by atoms with Crippen LogP contribution in [0.25, 0.3) is 0 Å². The molecule has 0 unspecified atom stereocenters. The van der Waals surface area contributed by atoms with Crippen molar-refractivity contribution in [2.45, 2.75) is 58.2 Å². The number of fused-ring (bicyclic) bond motifs is 5. The highest BCUT2D eigenvalue weighted by atomic mass is 19.1. The fourth-order valence-corrected chi connectivity index (χ4v) is 6.33. The molecule has 3 nitrogen and oxygen atoms in total. The standard InChI is InChI=1S/C21H25FO3/c1-12(23)15-6-7-16-17-5-4-13-10-14(24)8-9-20(13,3)21(17,22)18(25)11-19(15,16)2/h6,8-10,16-18,25H,4-5,7,11H2,1-3H3/t16-,17-,18-,19+,20-,21-/m0/s1. The van der Waals surface area contributed by atoms with E-state index in [1.165, 1.54) is 6.08 Å². The summed E-state index contributed by atoms with van der Waals surface area (Å²) in [5, 5.41) is 11.0. The van der Waals surface area contributed by atoms with Gasteiger partial charge in [0.25, 0.3) is 0 Å². The summed E-state index contributed by atoms with van der Waals surface area (Å²) in [6.07, 6.45) is 7.65. The third kappa shape index (κ3) is 1.89. The molecule has 4 rings (SSSR count). The number of halogens is 1. The van der Waals surface area contributed by atoms with Crippen LogP contribution < -0.4 is 0 Å². The van der Waals surface area contributed by atoms with E-state index in [-0.39, 0.29) is 29.8 Å². The Labute approximate surface area is 147 Å². The average molecular weight is 344 g/mol. The Kier molecular flexibility index (Phi) is 3.38. The third-order valence-electron chi connectivity index (χ3n) is 7.60. The molecule has 0 radical (unpaired) electrons. The van der Waals surface area contributed by atoms with Gasteiger partial charge in [-0.05, 0) is 63.2 Å². The lowest BCUT2D eigenvalue weighted by Crippen LogP contribution is -2.66. The predicted octanol–water partition coefficient (Wildman–Crippen LogP) is 3.48. The van der Waals surface area contributed by atoms with Gasteiger partial charge in [0, 0.05) is 16.7 Å². The molecule has 25 heavy (non-hydrogen) atoms. The zero-order valence-electron chi connectivity index (χ0n) is 15.0. The zero-order chi connectivity index (χ0) is 18.2. The van der Waals surface area contributed by atoms with E-state index in [0.717, 1.165) is 11.1 Å². The van der Waals surface area contributed by atoms with Gasteiger partial charge in [0.1, 0.15) is 0 Å². The molecule has 0 aromatic carbocycles. The lowest BCUT2D eigenvalue weighted by molar-refractivity contribution is -0.185. The van der Waals surface area contributed by atoms with Crippen LogP contribution in [0.5, 0.6) is 0 Å². The van der Waals surface area contributed by atoms with Crippen molar-refractivity contribution in [3.05, 3.63) is 35.5 Å². The number of hydrogen-bond acceptors (Lipinski definition) is 3. The zero-order valence-corrected chi connectivity index (χ0v) is 15.0. The maximum absolute atomic E-state index is 16.6. The first kappa shape index (κ1) is 16.9. The first-order valence-corrected chi connectivity index (χ1v) is 9.17. The molecular weight excluding hydrogens is 319 g/mol. The highest BCUT2D eigenvalue weighted by Gasteiger charge is 2.69. The van der Waals surface area contributed by atoms with Gasteiger partial charge in [0.2, 0.25) is 0 Å². The van der Waals surface area contributed by atoms with Crippen molar-refractivity contribution in [1.82, 2.24) is 0 Å². The summed E-state index contributed by atoms with van der Waals surface area (Å²) in [6.45, 7) is 5.38. The summed E-state index contributed by atoms with van der Waals surface area (Å²) in [5.41, 5.74) is -1.68. The van der Waals surface area contributed by atoms with Crippen LogP contribution >= 0.6 is 0 Å². The monoisotopic (exact) mass is 344 g/mol. The van der Waals surface area contributed by atoms with Gasteiger partial charge in [-0.3, -0.25) is 9.59 Å². The minimum atomic E-state index is -1.81. The van der Waals surface area contributed by atoms with E-state index in [4.69, 9.17) is 0 Å². The van der Waals surface area contributed by atoms with Crippen molar-refractivity contribution < 1.29 is 19.1 Å². The van der Waals surface area contributed by atoms with Crippen molar-refractivity contribution in [1.29, 1.82) is 0 Å². The number of aliphatic hydroxyl groups excluding tert-OH is 1. The highest BCUT2D eigenvalue weighted by Crippen LogP contribution is 2.67. The number of alkyl halides is 1. The maximum Gasteiger partial charge on any atom is 0.178 e. The van der Waals surface area contributed by atoms with E-state index in [9.17, 15) is 14.7 Å². The molecule has 0 aliphatic heterocycles. The van der Waals surface area contributed by atoms with Crippen molar-refractivity contribution in [3.63, 3.8) is 0 Å². The molecule has 4 aliphatic rings. The first-order valence-electron chi connectivity index (χ1n) is 9.17. The summed E-state index contributed by atoms with van der Waals surface area (Å²) >= 11 is 0. The van der Waals surface area contributed by atoms with E-state index in [1.807, 2.05) is 19.9 Å². The van der Waals surface area contributed by atoms with Crippen molar-refractivity contribution in [2.75, 3.05) is 0 Å². The summed E-state index contributed by atoms with van der Waals surface area (Å²) in [6, 6.07) is 0. The van der Waals surface area contributed by atoms with Crippen LogP contribution in [0.3, 0.4) is 0 Å². The maximum atomic E-state index is 16.6. The van der Waals surface area contributed by atoms with Crippen molar-refractivity contribution >= 4 is 11.6 Å². The molecule has 2 fully saturated rings. The van der Waals surface area contributed by atoms with Gasteiger partial charge >= 0.3 is 0 Å². The predicted molar refractivity (Wildman–Crippen MR) is 92.5 cm³/mol. The largest absolute Gasteiger partial charge is 0.390 e. The summed E-state index contributed by atoms with van der Waals surface area (Å²) in [5.74, 6) is -0.390. The van der Waals surface area contributed by atoms with E-state index in [0.29, 0.717) is 19.3 Å². The quantitative estimate of drug-likeness (QED) is 0.792. The van der Waals surface area contributed by atoms with Gasteiger partial charge < -0.3 is 5.11 Å². The number of allylic oxidation sites excluding steroid dienone is 6. The number of ketones is 2. The molecule has 0 spiro atoms. The lowest BCUT2D eigenvalue weighted by Gasteiger charge is -2.61. The second kappa shape index (κ2) is 5.00. The van der Waals surface area contributed by atoms with Gasteiger partial charge in [-0.25, -0.2) is 4.39 Å². The molecule has 6 atom stereocenters. The van der Waals surface area contributed by atoms with Crippen LogP contribution in [0.4, 0.5) is 4.39 Å². The minimum absolute atomic E-state index is 0.0178. The third-order valence-corrected chi connectivity index (χ3v) is 7.60. The number of carbonyl (C=O) groups is 2. The molecule has 0 aromatic rings. The molecule has 1 N–H and O–H groups in total. The van der Waals surface area contributed by atoms with E-state index in [1.54, 1.807) is 19.1 Å². The van der Waals surface area contributed by atoms with Crippen LogP contribution in [-0.2, 0) is 9.59 Å². The fraction of sp³-hybridized carbons (Fsp3) is 0.619. The number of carbonyl (C=O) groups excluding carboxylic acids is 2. The SMILES string of the molecule is CC(=O)C1=CC[C@H]2[C@@H]3CCC4=CC(=O)C=C[C@]4(C)[C@@]3(F)[C@@H](O)C[C@]12C. The summed E-state index contributed by atoms with van der Waals surface area (Å²) in [7, 11) is 0. The molecular formula is C21H25FO3. The number of rotatable bonds is 1. The molecule has 4 heteroatoms. The second-order valence-corrected chi connectivity index (χ2v) is 8.67. The smallest absolute Gasteiger partial charge is 0.178 e. The Morgan fingerprint density at radius 3 is 2.72 bits per heavy atom. The van der Waals surface area contributed by atoms with Crippen molar-refractivity contribution in [3.8, 4) is 0 Å². The number of Topliss-reactive ketones (excluding diaryl/α,β-unsaturated/α-hetero) is 1. The molecule has 0 aromatic heterocycles. The van der Waals surface area contributed by atoms with E-state index in [2.05, 4.69) is 0 Å².